The summed E-state index contributed by atoms with van der Waals surface area (Å²) in [5.41, 5.74) is 2.16. The van der Waals surface area contributed by atoms with Gasteiger partial charge in [0.25, 0.3) is 11.2 Å². The van der Waals surface area contributed by atoms with E-state index in [-0.39, 0.29) is 23.4 Å². The van der Waals surface area contributed by atoms with E-state index in [9.17, 15) is 19.7 Å². The van der Waals surface area contributed by atoms with Crippen LogP contribution in [0.25, 0.3) is 17.4 Å². The number of hydrogen-bond donors (Lipinski definition) is 0. The first-order valence-corrected chi connectivity index (χ1v) is 13.7. The van der Waals surface area contributed by atoms with Gasteiger partial charge in [-0.2, -0.15) is 0 Å². The molecular formula is C30H27N3O8S. The quantitative estimate of drug-likeness (QED) is 0.169. The van der Waals surface area contributed by atoms with Crippen LogP contribution in [0.5, 0.6) is 11.5 Å². The first kappa shape index (κ1) is 28.6. The molecule has 11 nitrogen and oxygen atoms in total. The van der Waals surface area contributed by atoms with Crippen molar-refractivity contribution < 1.29 is 28.3 Å². The van der Waals surface area contributed by atoms with Crippen molar-refractivity contribution in [2.24, 2.45) is 4.99 Å². The molecule has 1 atom stereocenters. The molecule has 1 aliphatic heterocycles. The van der Waals surface area contributed by atoms with Crippen LogP contribution in [0.1, 0.15) is 36.8 Å². The molecular weight excluding hydrogens is 562 g/mol. The van der Waals surface area contributed by atoms with Crippen LogP contribution in [0.3, 0.4) is 0 Å². The number of hydrogen-bond acceptors (Lipinski definition) is 10. The van der Waals surface area contributed by atoms with Crippen LogP contribution in [0.2, 0.25) is 0 Å². The molecule has 2 aromatic carbocycles. The highest BCUT2D eigenvalue weighted by Gasteiger charge is 2.35. The second kappa shape index (κ2) is 11.5. The molecule has 0 radical (unpaired) electrons. The number of furan rings is 1. The zero-order chi connectivity index (χ0) is 30.1. The Morgan fingerprint density at radius 3 is 2.60 bits per heavy atom. The zero-order valence-electron chi connectivity index (χ0n) is 23.5. The van der Waals surface area contributed by atoms with Gasteiger partial charge < -0.3 is 18.6 Å². The summed E-state index contributed by atoms with van der Waals surface area (Å²) >= 11 is 1.16. The predicted molar refractivity (Wildman–Crippen MR) is 155 cm³/mol. The first-order chi connectivity index (χ1) is 20.2. The van der Waals surface area contributed by atoms with Crippen molar-refractivity contribution in [3.05, 3.63) is 106 Å². The number of non-ortho nitro benzene ring substituents is 1. The minimum Gasteiger partial charge on any atom is -0.497 e. The number of nitro benzene ring substituents is 1. The van der Waals surface area contributed by atoms with Gasteiger partial charge in [0, 0.05) is 29.3 Å². The van der Waals surface area contributed by atoms with Gasteiger partial charge in [0.1, 0.15) is 29.1 Å². The number of rotatable bonds is 8. The van der Waals surface area contributed by atoms with Gasteiger partial charge >= 0.3 is 5.97 Å². The normalized spacial score (nSPS) is 14.8. The van der Waals surface area contributed by atoms with E-state index in [0.29, 0.717) is 54.7 Å². The Kier molecular flexibility index (Phi) is 7.81. The average Bonchev–Trinajstić information content (AvgIpc) is 3.55. The number of fused-ring (bicyclic) bond motifs is 1. The lowest BCUT2D eigenvalue weighted by molar-refractivity contribution is -0.384. The molecule has 216 valence electrons. The van der Waals surface area contributed by atoms with Gasteiger partial charge in [-0.3, -0.25) is 19.5 Å². The van der Waals surface area contributed by atoms with Crippen LogP contribution in [0, 0.1) is 17.0 Å². The van der Waals surface area contributed by atoms with Crippen molar-refractivity contribution in [3.8, 4) is 22.8 Å². The van der Waals surface area contributed by atoms with Crippen LogP contribution < -0.4 is 24.4 Å². The van der Waals surface area contributed by atoms with Gasteiger partial charge in [-0.1, -0.05) is 11.3 Å². The maximum Gasteiger partial charge on any atom is 0.338 e. The molecule has 0 amide bonds. The Morgan fingerprint density at radius 1 is 1.14 bits per heavy atom. The van der Waals surface area contributed by atoms with Crippen LogP contribution in [0.4, 0.5) is 5.69 Å². The molecule has 0 aliphatic carbocycles. The van der Waals surface area contributed by atoms with Crippen molar-refractivity contribution in [3.63, 3.8) is 0 Å². The lowest BCUT2D eigenvalue weighted by Crippen LogP contribution is -2.40. The average molecular weight is 590 g/mol. The molecule has 0 fully saturated rings. The topological polar surface area (TPSA) is 135 Å². The monoisotopic (exact) mass is 589 g/mol. The summed E-state index contributed by atoms with van der Waals surface area (Å²) in [5, 5.41) is 11.1. The Bertz CT molecular complexity index is 1930. The fourth-order valence-corrected chi connectivity index (χ4v) is 5.91. The number of aromatic nitrogens is 1. The number of aryl methyl sites for hydroxylation is 1. The van der Waals surface area contributed by atoms with Crippen LogP contribution >= 0.6 is 11.3 Å². The highest BCUT2D eigenvalue weighted by atomic mass is 32.1. The van der Waals surface area contributed by atoms with Crippen molar-refractivity contribution in [1.82, 2.24) is 4.57 Å². The molecule has 1 aliphatic rings. The largest absolute Gasteiger partial charge is 0.497 e. The van der Waals surface area contributed by atoms with E-state index in [0.717, 1.165) is 11.3 Å². The molecule has 2 aromatic heterocycles. The molecule has 0 saturated carbocycles. The van der Waals surface area contributed by atoms with Crippen molar-refractivity contribution >= 4 is 29.1 Å². The molecule has 1 unspecified atom stereocenters. The van der Waals surface area contributed by atoms with Gasteiger partial charge in [0.2, 0.25) is 0 Å². The standard InChI is InChI=1S/C30H27N3O8S/c1-6-40-29(35)26-17(3)31-30-32(27(26)22-14-19(38-4)8-11-23(22)39-5)28(34)25(42-30)15-20-9-12-24(41-20)21-10-7-18(33(36)37)13-16(21)2/h7-15,27H,6H2,1-5H3/b25-15-. The number of thiazole rings is 1. The molecule has 5 rings (SSSR count). The molecule has 0 spiro atoms. The number of benzene rings is 2. The number of carbonyl (C=O) groups excluding carboxylic acids is 1. The smallest absolute Gasteiger partial charge is 0.338 e. The minimum atomic E-state index is -0.887. The van der Waals surface area contributed by atoms with E-state index in [1.165, 1.54) is 30.9 Å². The Balaban J connectivity index is 1.65. The van der Waals surface area contributed by atoms with E-state index < -0.39 is 16.9 Å². The van der Waals surface area contributed by atoms with Gasteiger partial charge in [-0.15, -0.1) is 0 Å². The summed E-state index contributed by atoms with van der Waals surface area (Å²) in [6, 6.07) is 12.3. The van der Waals surface area contributed by atoms with Crippen molar-refractivity contribution in [2.75, 3.05) is 20.8 Å². The second-order valence-electron chi connectivity index (χ2n) is 9.37. The minimum absolute atomic E-state index is 0.0103. The van der Waals surface area contributed by atoms with E-state index in [1.54, 1.807) is 63.2 Å². The summed E-state index contributed by atoms with van der Waals surface area (Å²) < 4.78 is 24.2. The maximum atomic E-state index is 14.0. The number of ether oxygens (including phenoxy) is 3. The molecule has 12 heteroatoms. The Morgan fingerprint density at radius 2 is 1.93 bits per heavy atom. The fourth-order valence-electron chi connectivity index (χ4n) is 4.88. The molecule has 0 saturated heterocycles. The number of methoxy groups -OCH3 is 2. The highest BCUT2D eigenvalue weighted by molar-refractivity contribution is 7.07. The molecule has 4 aromatic rings. The summed E-state index contributed by atoms with van der Waals surface area (Å²) in [4.78, 5) is 42.8. The Labute approximate surface area is 243 Å². The molecule has 42 heavy (non-hydrogen) atoms. The lowest BCUT2D eigenvalue weighted by Gasteiger charge is -2.26. The third-order valence-corrected chi connectivity index (χ3v) is 7.82. The third kappa shape index (κ3) is 5.12. The number of esters is 1. The van der Waals surface area contributed by atoms with E-state index >= 15 is 0 Å². The van der Waals surface area contributed by atoms with Crippen molar-refractivity contribution in [2.45, 2.75) is 26.8 Å². The summed E-state index contributed by atoms with van der Waals surface area (Å²) in [6.07, 6.45) is 1.61. The van der Waals surface area contributed by atoms with Crippen LogP contribution in [-0.4, -0.2) is 36.3 Å². The zero-order valence-corrected chi connectivity index (χ0v) is 24.3. The van der Waals surface area contributed by atoms with Gasteiger partial charge in [0.15, 0.2) is 4.80 Å². The number of carbonyl (C=O) groups is 1. The van der Waals surface area contributed by atoms with Gasteiger partial charge in [0.05, 0.1) is 41.6 Å². The van der Waals surface area contributed by atoms with Gasteiger partial charge in [-0.05, 0) is 62.7 Å². The van der Waals surface area contributed by atoms with E-state index in [4.69, 9.17) is 18.6 Å². The third-order valence-electron chi connectivity index (χ3n) is 6.83. The maximum absolute atomic E-state index is 14.0. The molecule has 0 N–H and O–H groups in total. The lowest BCUT2D eigenvalue weighted by atomic mass is 9.95. The Hall–Kier alpha value is -4.97. The number of nitrogens with zero attached hydrogens (tertiary/aromatic N) is 3. The first-order valence-electron chi connectivity index (χ1n) is 12.9. The summed E-state index contributed by atoms with van der Waals surface area (Å²) in [7, 11) is 3.04. The molecule has 3 heterocycles. The van der Waals surface area contributed by atoms with E-state index in [2.05, 4.69) is 4.99 Å². The summed E-state index contributed by atoms with van der Waals surface area (Å²) in [5.74, 6) is 1.30. The van der Waals surface area contributed by atoms with Crippen LogP contribution in [-0.2, 0) is 9.53 Å². The molecule has 0 bridgehead atoms. The fraction of sp³-hybridized carbons (Fsp3) is 0.233. The second-order valence-corrected chi connectivity index (χ2v) is 10.4. The summed E-state index contributed by atoms with van der Waals surface area (Å²) in [6.45, 7) is 5.32. The SMILES string of the molecule is CCOC(=O)C1=C(C)N=c2s/c(=C\c3ccc(-c4ccc([N+](=O)[O-])cc4C)o3)c(=O)n2C1c1cc(OC)ccc1OC. The van der Waals surface area contributed by atoms with Crippen molar-refractivity contribution in [1.29, 1.82) is 0 Å². The van der Waals surface area contributed by atoms with Crippen LogP contribution in [0.15, 0.2) is 74.0 Å². The van der Waals surface area contributed by atoms with E-state index in [1.807, 2.05) is 0 Å². The van der Waals surface area contributed by atoms with Gasteiger partial charge in [-0.25, -0.2) is 9.79 Å². The highest BCUT2D eigenvalue weighted by Crippen LogP contribution is 2.38. The predicted octanol–water partition coefficient (Wildman–Crippen LogP) is 4.29. The number of allylic oxidation sites excluding steroid dienone is 1. The number of nitro groups is 1.